The molecule has 118 valence electrons. The highest BCUT2D eigenvalue weighted by Gasteiger charge is 2.29. The van der Waals surface area contributed by atoms with Crippen molar-refractivity contribution in [1.29, 1.82) is 0 Å². The first-order valence-electron chi connectivity index (χ1n) is 6.02. The van der Waals surface area contributed by atoms with Crippen LogP contribution in [0.1, 0.15) is 28.2 Å². The molecule has 2 aromatic rings. The fourth-order valence-electron chi connectivity index (χ4n) is 1.75. The van der Waals surface area contributed by atoms with Gasteiger partial charge in [-0.3, -0.25) is 4.79 Å². The molecule has 0 saturated carbocycles. The molecule has 0 radical (unpaired) electrons. The molecular weight excluding hydrogens is 307 g/mol. The standard InChI is InChI=1S/C11H10F3N5O3/c1-2-19-7-5(3-15-6(18-7)10(21)22)17-8(19)9(20)16-4-11(12,13)14/h3H,2,4H2,1H3,(H,16,20)(H,21,22)/p-1. The number of halogens is 3. The first-order valence-corrected chi connectivity index (χ1v) is 6.02. The topological polar surface area (TPSA) is 113 Å². The smallest absolute Gasteiger partial charge is 0.405 e. The van der Waals surface area contributed by atoms with Crippen molar-refractivity contribution in [2.45, 2.75) is 19.6 Å². The third-order valence-electron chi connectivity index (χ3n) is 2.64. The van der Waals surface area contributed by atoms with E-state index in [1.54, 1.807) is 12.2 Å². The number of carboxylic acid groups (broad SMARTS) is 1. The molecule has 2 aromatic heterocycles. The number of aromatic nitrogens is 4. The lowest BCUT2D eigenvalue weighted by molar-refractivity contribution is -0.256. The monoisotopic (exact) mass is 316 g/mol. The highest BCUT2D eigenvalue weighted by atomic mass is 19.4. The predicted octanol–water partition coefficient (Wildman–Crippen LogP) is -0.498. The van der Waals surface area contributed by atoms with Crippen LogP contribution in [0.25, 0.3) is 11.2 Å². The van der Waals surface area contributed by atoms with Crippen molar-refractivity contribution < 1.29 is 27.9 Å². The van der Waals surface area contributed by atoms with E-state index in [0.717, 1.165) is 6.20 Å². The van der Waals surface area contributed by atoms with Gasteiger partial charge < -0.3 is 19.8 Å². The van der Waals surface area contributed by atoms with E-state index in [0.29, 0.717) is 0 Å². The second-order valence-electron chi connectivity index (χ2n) is 4.17. The predicted molar refractivity (Wildman–Crippen MR) is 63.7 cm³/mol. The lowest BCUT2D eigenvalue weighted by atomic mass is 10.5. The van der Waals surface area contributed by atoms with E-state index < -0.39 is 30.4 Å². The summed E-state index contributed by atoms with van der Waals surface area (Å²) >= 11 is 0. The number of carboxylic acids is 1. The summed E-state index contributed by atoms with van der Waals surface area (Å²) in [6, 6.07) is 0. The number of hydrogen-bond donors (Lipinski definition) is 1. The van der Waals surface area contributed by atoms with Crippen molar-refractivity contribution >= 4 is 23.0 Å². The van der Waals surface area contributed by atoms with Crippen LogP contribution in [0.2, 0.25) is 0 Å². The first kappa shape index (κ1) is 15.7. The van der Waals surface area contributed by atoms with Crippen LogP contribution in [0.15, 0.2) is 6.20 Å². The number of nitrogens with one attached hydrogen (secondary N) is 1. The Hall–Kier alpha value is -2.72. The van der Waals surface area contributed by atoms with Crippen LogP contribution in [-0.2, 0) is 6.54 Å². The fraction of sp³-hybridized carbons (Fsp3) is 0.364. The van der Waals surface area contributed by atoms with Crippen LogP contribution in [-0.4, -0.2) is 44.1 Å². The molecule has 0 aliphatic heterocycles. The maximum Gasteiger partial charge on any atom is 0.405 e. The van der Waals surface area contributed by atoms with Gasteiger partial charge in [0.1, 0.15) is 18.0 Å². The fourth-order valence-corrected chi connectivity index (χ4v) is 1.75. The Morgan fingerprint density at radius 2 is 2.05 bits per heavy atom. The highest BCUT2D eigenvalue weighted by molar-refractivity contribution is 5.94. The first-order chi connectivity index (χ1) is 10.2. The summed E-state index contributed by atoms with van der Waals surface area (Å²) in [7, 11) is 0. The number of imidazole rings is 1. The molecule has 0 fully saturated rings. The molecule has 22 heavy (non-hydrogen) atoms. The largest absolute Gasteiger partial charge is 0.542 e. The average molecular weight is 316 g/mol. The molecule has 0 unspecified atom stereocenters. The number of hydrogen-bond acceptors (Lipinski definition) is 6. The van der Waals surface area contributed by atoms with E-state index in [-0.39, 0.29) is 23.5 Å². The van der Waals surface area contributed by atoms with E-state index in [2.05, 4.69) is 15.0 Å². The number of alkyl halides is 3. The van der Waals surface area contributed by atoms with Crippen molar-refractivity contribution in [3.63, 3.8) is 0 Å². The van der Waals surface area contributed by atoms with Gasteiger partial charge >= 0.3 is 6.18 Å². The maximum atomic E-state index is 12.1. The lowest BCUT2D eigenvalue weighted by Gasteiger charge is -2.09. The Bertz CT molecular complexity index is 740. The number of nitrogens with zero attached hydrogens (tertiary/aromatic N) is 4. The molecular formula is C11H9F3N5O3-. The van der Waals surface area contributed by atoms with Crippen molar-refractivity contribution in [2.75, 3.05) is 6.54 Å². The molecule has 0 aliphatic carbocycles. The quantitative estimate of drug-likeness (QED) is 0.814. The molecule has 0 spiro atoms. The van der Waals surface area contributed by atoms with Crippen molar-refractivity contribution in [3.8, 4) is 0 Å². The highest BCUT2D eigenvalue weighted by Crippen LogP contribution is 2.15. The molecule has 2 heterocycles. The van der Waals surface area contributed by atoms with Crippen LogP contribution in [0.4, 0.5) is 13.2 Å². The Kier molecular flexibility index (Phi) is 3.97. The van der Waals surface area contributed by atoms with Gasteiger partial charge in [0.25, 0.3) is 5.91 Å². The maximum absolute atomic E-state index is 12.1. The zero-order chi connectivity index (χ0) is 16.5. The van der Waals surface area contributed by atoms with Crippen molar-refractivity contribution in [2.24, 2.45) is 0 Å². The van der Waals surface area contributed by atoms with Crippen molar-refractivity contribution in [1.82, 2.24) is 24.8 Å². The lowest BCUT2D eigenvalue weighted by Crippen LogP contribution is -2.35. The third kappa shape index (κ3) is 3.13. The van der Waals surface area contributed by atoms with E-state index in [1.807, 2.05) is 0 Å². The van der Waals surface area contributed by atoms with Gasteiger partial charge in [0, 0.05) is 6.54 Å². The normalized spacial score (nSPS) is 11.6. The SMILES string of the molecule is CCn1c(C(=O)NCC(F)(F)F)nc2cnc(C(=O)[O-])nc21. The second-order valence-corrected chi connectivity index (χ2v) is 4.17. The molecule has 0 atom stereocenters. The molecule has 0 bridgehead atoms. The van der Waals surface area contributed by atoms with E-state index in [1.165, 1.54) is 4.57 Å². The number of amides is 1. The van der Waals surface area contributed by atoms with Crippen LogP contribution in [0.5, 0.6) is 0 Å². The van der Waals surface area contributed by atoms with Gasteiger partial charge in [-0.05, 0) is 6.92 Å². The summed E-state index contributed by atoms with van der Waals surface area (Å²) in [6.45, 7) is 0.242. The number of aryl methyl sites for hydroxylation is 1. The molecule has 1 amide bonds. The van der Waals surface area contributed by atoms with Gasteiger partial charge in [-0.15, -0.1) is 0 Å². The molecule has 0 aromatic carbocycles. The van der Waals surface area contributed by atoms with Crippen LogP contribution >= 0.6 is 0 Å². The number of carbonyl (C=O) groups excluding carboxylic acids is 2. The van der Waals surface area contributed by atoms with Gasteiger partial charge in [-0.2, -0.15) is 13.2 Å². The molecule has 8 nitrogen and oxygen atoms in total. The van der Waals surface area contributed by atoms with Crippen LogP contribution in [0, 0.1) is 0 Å². The summed E-state index contributed by atoms with van der Waals surface area (Å²) in [5.41, 5.74) is 0.109. The Balaban J connectivity index is 2.42. The van der Waals surface area contributed by atoms with Crippen LogP contribution < -0.4 is 10.4 Å². The van der Waals surface area contributed by atoms with Gasteiger partial charge in [-0.25, -0.2) is 15.0 Å². The number of rotatable bonds is 4. The minimum Gasteiger partial charge on any atom is -0.542 e. The summed E-state index contributed by atoms with van der Waals surface area (Å²) < 4.78 is 37.6. The minimum atomic E-state index is -4.55. The summed E-state index contributed by atoms with van der Waals surface area (Å²) in [4.78, 5) is 33.5. The van der Waals surface area contributed by atoms with E-state index >= 15 is 0 Å². The summed E-state index contributed by atoms with van der Waals surface area (Å²) in [5.74, 6) is -3.59. The third-order valence-corrected chi connectivity index (χ3v) is 2.64. The van der Waals surface area contributed by atoms with Gasteiger partial charge in [0.15, 0.2) is 11.5 Å². The van der Waals surface area contributed by atoms with E-state index in [9.17, 15) is 27.9 Å². The Morgan fingerprint density at radius 1 is 1.36 bits per heavy atom. The van der Waals surface area contributed by atoms with Gasteiger partial charge in [0.2, 0.25) is 5.82 Å². The Labute approximate surface area is 121 Å². The average Bonchev–Trinajstić information content (AvgIpc) is 2.81. The summed E-state index contributed by atoms with van der Waals surface area (Å²) in [5, 5.41) is 12.4. The molecule has 11 heteroatoms. The summed E-state index contributed by atoms with van der Waals surface area (Å²) in [6.07, 6.45) is -3.50. The Morgan fingerprint density at radius 3 is 2.59 bits per heavy atom. The molecule has 1 N–H and O–H groups in total. The number of carbonyl (C=O) groups is 2. The zero-order valence-corrected chi connectivity index (χ0v) is 11.1. The van der Waals surface area contributed by atoms with E-state index in [4.69, 9.17) is 0 Å². The van der Waals surface area contributed by atoms with Crippen LogP contribution in [0.3, 0.4) is 0 Å². The van der Waals surface area contributed by atoms with Gasteiger partial charge in [0.05, 0.1) is 6.20 Å². The minimum absolute atomic E-state index is 0.0221. The zero-order valence-electron chi connectivity index (χ0n) is 11.1. The number of fused-ring (bicyclic) bond motifs is 1. The molecule has 0 aliphatic rings. The van der Waals surface area contributed by atoms with Crippen molar-refractivity contribution in [3.05, 3.63) is 17.8 Å². The number of aromatic carboxylic acids is 1. The molecule has 2 rings (SSSR count). The molecule has 0 saturated heterocycles. The van der Waals surface area contributed by atoms with Gasteiger partial charge in [-0.1, -0.05) is 0 Å². The second kappa shape index (κ2) is 5.58.